The van der Waals surface area contributed by atoms with E-state index in [9.17, 15) is 4.39 Å². The maximum Gasteiger partial charge on any atom is 0.180 e. The first-order chi connectivity index (χ1) is 6.72. The van der Waals surface area contributed by atoms with Crippen molar-refractivity contribution >= 4 is 23.1 Å². The van der Waals surface area contributed by atoms with Crippen molar-refractivity contribution in [2.45, 2.75) is 0 Å². The number of rotatable bonds is 2. The minimum atomic E-state index is -0.296. The molecule has 14 heavy (non-hydrogen) atoms. The molecule has 0 amide bonds. The Balaban J connectivity index is 2.69. The molecule has 0 bridgehead atoms. The highest BCUT2D eigenvalue weighted by atomic mass is 32.2. The Labute approximate surface area is 85.9 Å². The number of nitrogens with zero attached hydrogens (tertiary/aromatic N) is 2. The third kappa shape index (κ3) is 3.57. The highest BCUT2D eigenvalue weighted by Gasteiger charge is 1.90. The van der Waals surface area contributed by atoms with Crippen molar-refractivity contribution in [3.63, 3.8) is 0 Å². The fourth-order valence-electron chi connectivity index (χ4n) is 0.780. The molecule has 3 nitrogen and oxygen atoms in total. The van der Waals surface area contributed by atoms with Crippen LogP contribution in [0.2, 0.25) is 0 Å². The van der Waals surface area contributed by atoms with Gasteiger partial charge in [-0.1, -0.05) is 23.9 Å². The van der Waals surface area contributed by atoms with Crippen molar-refractivity contribution in [3.05, 3.63) is 35.6 Å². The monoisotopic (exact) mass is 211 g/mol. The molecule has 0 saturated heterocycles. The van der Waals surface area contributed by atoms with Crippen molar-refractivity contribution in [3.8, 4) is 0 Å². The Morgan fingerprint density at radius 3 is 3.00 bits per heavy atom. The van der Waals surface area contributed by atoms with Gasteiger partial charge in [0, 0.05) is 0 Å². The fraction of sp³-hybridized carbons (Fsp3) is 0.111. The first-order valence-corrected chi connectivity index (χ1v) is 5.11. The average molecular weight is 211 g/mol. The number of amidine groups is 1. The molecule has 0 aliphatic carbocycles. The van der Waals surface area contributed by atoms with Gasteiger partial charge in [-0.2, -0.15) is 5.10 Å². The molecule has 0 radical (unpaired) electrons. The van der Waals surface area contributed by atoms with Gasteiger partial charge in [0.25, 0.3) is 0 Å². The summed E-state index contributed by atoms with van der Waals surface area (Å²) in [7, 11) is 0. The van der Waals surface area contributed by atoms with Crippen LogP contribution in [0.4, 0.5) is 4.39 Å². The summed E-state index contributed by atoms with van der Waals surface area (Å²) >= 11 is 1.30. The largest absolute Gasteiger partial charge is 0.377 e. The Bertz CT molecular complexity index is 363. The fourth-order valence-corrected chi connectivity index (χ4v) is 0.909. The summed E-state index contributed by atoms with van der Waals surface area (Å²) < 4.78 is 12.7. The predicted molar refractivity (Wildman–Crippen MR) is 59.1 cm³/mol. The number of halogens is 1. The highest BCUT2D eigenvalue weighted by molar-refractivity contribution is 8.13. The maximum atomic E-state index is 12.7. The second-order valence-corrected chi connectivity index (χ2v) is 3.27. The molecular formula is C9H10FN3S. The smallest absolute Gasteiger partial charge is 0.180 e. The zero-order valence-electron chi connectivity index (χ0n) is 7.64. The Kier molecular flexibility index (Phi) is 4.12. The van der Waals surface area contributed by atoms with E-state index in [1.54, 1.807) is 18.4 Å². The van der Waals surface area contributed by atoms with Crippen molar-refractivity contribution in [1.29, 1.82) is 0 Å². The number of benzene rings is 1. The molecule has 0 unspecified atom stereocenters. The molecule has 0 heterocycles. The summed E-state index contributed by atoms with van der Waals surface area (Å²) in [5.41, 5.74) is 6.05. The molecule has 0 spiro atoms. The zero-order valence-corrected chi connectivity index (χ0v) is 8.46. The van der Waals surface area contributed by atoms with Crippen LogP contribution in [0, 0.1) is 5.82 Å². The third-order valence-corrected chi connectivity index (χ3v) is 1.92. The zero-order chi connectivity index (χ0) is 10.4. The molecule has 0 aliphatic heterocycles. The number of thioether (sulfide) groups is 1. The molecule has 1 rings (SSSR count). The highest BCUT2D eigenvalue weighted by Crippen LogP contribution is 2.00. The van der Waals surface area contributed by atoms with Gasteiger partial charge in [0.05, 0.1) is 6.21 Å². The number of nitrogens with two attached hydrogens (primary N) is 1. The quantitative estimate of drug-likeness (QED) is 0.461. The molecule has 1 aromatic rings. The van der Waals surface area contributed by atoms with E-state index in [1.165, 1.54) is 30.1 Å². The van der Waals surface area contributed by atoms with E-state index in [0.717, 1.165) is 0 Å². The lowest BCUT2D eigenvalue weighted by atomic mass is 10.2. The van der Waals surface area contributed by atoms with Crippen molar-refractivity contribution < 1.29 is 4.39 Å². The van der Waals surface area contributed by atoms with Gasteiger partial charge in [-0.15, -0.1) is 5.10 Å². The summed E-state index contributed by atoms with van der Waals surface area (Å²) in [4.78, 5) is 0. The summed E-state index contributed by atoms with van der Waals surface area (Å²) in [6.07, 6.45) is 3.25. The van der Waals surface area contributed by atoms with Gasteiger partial charge in [-0.05, 0) is 24.0 Å². The van der Waals surface area contributed by atoms with Crippen LogP contribution < -0.4 is 5.73 Å². The standard InChI is InChI=1S/C9H10FN3S/c1-14-9(11)13-12-6-7-3-2-4-8(10)5-7/h2-6H,1H3,(H2,11,13)/b12-6-. The molecule has 0 saturated carbocycles. The molecule has 0 fully saturated rings. The van der Waals surface area contributed by atoms with Gasteiger partial charge in [0.15, 0.2) is 5.17 Å². The lowest BCUT2D eigenvalue weighted by Crippen LogP contribution is -2.03. The predicted octanol–water partition coefficient (Wildman–Crippen LogP) is 1.84. The Hall–Kier alpha value is -1.36. The minimum Gasteiger partial charge on any atom is -0.377 e. The topological polar surface area (TPSA) is 50.7 Å². The van der Waals surface area contributed by atoms with Gasteiger partial charge >= 0.3 is 0 Å². The lowest BCUT2D eigenvalue weighted by molar-refractivity contribution is 0.627. The van der Waals surface area contributed by atoms with Crippen LogP contribution >= 0.6 is 11.8 Å². The van der Waals surface area contributed by atoms with Crippen LogP contribution in [-0.4, -0.2) is 17.6 Å². The van der Waals surface area contributed by atoms with E-state index < -0.39 is 0 Å². The van der Waals surface area contributed by atoms with Gasteiger partial charge < -0.3 is 5.73 Å². The van der Waals surface area contributed by atoms with E-state index >= 15 is 0 Å². The van der Waals surface area contributed by atoms with E-state index in [4.69, 9.17) is 5.73 Å². The molecule has 5 heteroatoms. The van der Waals surface area contributed by atoms with Crippen LogP contribution in [0.25, 0.3) is 0 Å². The molecule has 0 atom stereocenters. The lowest BCUT2D eigenvalue weighted by Gasteiger charge is -1.91. The van der Waals surface area contributed by atoms with Crippen molar-refractivity contribution in [2.75, 3.05) is 6.26 Å². The molecule has 2 N–H and O–H groups in total. The molecule has 1 aromatic carbocycles. The summed E-state index contributed by atoms with van der Waals surface area (Å²) in [6, 6.07) is 6.08. The number of hydrogen-bond acceptors (Lipinski definition) is 3. The van der Waals surface area contributed by atoms with E-state index in [0.29, 0.717) is 10.7 Å². The molecular weight excluding hydrogens is 201 g/mol. The van der Waals surface area contributed by atoms with Crippen molar-refractivity contribution in [2.24, 2.45) is 15.9 Å². The molecule has 0 aromatic heterocycles. The van der Waals surface area contributed by atoms with Crippen LogP contribution in [0.3, 0.4) is 0 Å². The average Bonchev–Trinajstić information content (AvgIpc) is 2.17. The minimum absolute atomic E-state index is 0.296. The van der Waals surface area contributed by atoms with Gasteiger partial charge in [0.2, 0.25) is 0 Å². The Morgan fingerprint density at radius 1 is 1.57 bits per heavy atom. The normalized spacial score (nSPS) is 12.3. The van der Waals surface area contributed by atoms with Crippen LogP contribution in [0.1, 0.15) is 5.56 Å². The van der Waals surface area contributed by atoms with Crippen LogP contribution in [-0.2, 0) is 0 Å². The first-order valence-electron chi connectivity index (χ1n) is 3.88. The van der Waals surface area contributed by atoms with E-state index in [1.807, 2.05) is 0 Å². The van der Waals surface area contributed by atoms with Gasteiger partial charge in [-0.3, -0.25) is 0 Å². The second-order valence-electron chi connectivity index (χ2n) is 2.44. The number of hydrogen-bond donors (Lipinski definition) is 1. The Morgan fingerprint density at radius 2 is 2.36 bits per heavy atom. The van der Waals surface area contributed by atoms with Crippen LogP contribution in [0.5, 0.6) is 0 Å². The van der Waals surface area contributed by atoms with Gasteiger partial charge in [-0.25, -0.2) is 4.39 Å². The van der Waals surface area contributed by atoms with Crippen molar-refractivity contribution in [1.82, 2.24) is 0 Å². The third-order valence-electron chi connectivity index (χ3n) is 1.42. The molecule has 0 aliphatic rings. The summed E-state index contributed by atoms with van der Waals surface area (Å²) in [5.74, 6) is -0.296. The molecule has 74 valence electrons. The summed E-state index contributed by atoms with van der Waals surface area (Å²) in [5, 5.41) is 7.75. The van der Waals surface area contributed by atoms with Crippen LogP contribution in [0.15, 0.2) is 34.5 Å². The first kappa shape index (κ1) is 10.7. The summed E-state index contributed by atoms with van der Waals surface area (Å²) in [6.45, 7) is 0. The van der Waals surface area contributed by atoms with E-state index in [-0.39, 0.29) is 5.82 Å². The second kappa shape index (κ2) is 5.39. The maximum absolute atomic E-state index is 12.7. The van der Waals surface area contributed by atoms with E-state index in [2.05, 4.69) is 10.2 Å². The SMILES string of the molecule is CS/C(N)=N/N=C\c1cccc(F)c1. The van der Waals surface area contributed by atoms with Gasteiger partial charge in [0.1, 0.15) is 5.82 Å².